The van der Waals surface area contributed by atoms with E-state index in [0.717, 1.165) is 82.0 Å². The number of nitrogens with zero attached hydrogens (tertiary/aromatic N) is 1. The highest BCUT2D eigenvalue weighted by Crippen LogP contribution is 2.63. The van der Waals surface area contributed by atoms with Crippen LogP contribution in [0, 0.1) is 23.2 Å². The number of unbranched alkanes of at least 4 members (excludes halogenated alkanes) is 14. The summed E-state index contributed by atoms with van der Waals surface area (Å²) in [6.07, 6.45) is 24.2. The third-order valence-electron chi connectivity index (χ3n) is 12.7. The van der Waals surface area contributed by atoms with Gasteiger partial charge >= 0.3 is 0 Å². The van der Waals surface area contributed by atoms with Crippen molar-refractivity contribution in [3.8, 4) is 5.75 Å². The van der Waals surface area contributed by atoms with Crippen LogP contribution in [-0.4, -0.2) is 46.4 Å². The molecule has 0 heterocycles. The molecule has 4 nitrogen and oxygen atoms in total. The molecule has 3 aliphatic carbocycles. The quantitative estimate of drug-likeness (QED) is 0.122. The molecule has 0 aliphatic heterocycles. The van der Waals surface area contributed by atoms with Crippen LogP contribution >= 0.6 is 0 Å². The first-order valence-electron chi connectivity index (χ1n) is 20.2. The summed E-state index contributed by atoms with van der Waals surface area (Å²) in [5, 5.41) is 21.3. The molecule has 7 atom stereocenters. The molecule has 5 heteroatoms. The summed E-state index contributed by atoms with van der Waals surface area (Å²) in [6, 6.07) is 5.57. The molecule has 0 bridgehead atoms. The van der Waals surface area contributed by atoms with Crippen molar-refractivity contribution in [3.63, 3.8) is 0 Å². The Morgan fingerprint density at radius 3 is 2.11 bits per heavy atom. The lowest BCUT2D eigenvalue weighted by Crippen LogP contribution is -2.51. The molecule has 0 spiro atoms. The molecule has 0 unspecified atom stereocenters. The van der Waals surface area contributed by atoms with E-state index in [1.165, 1.54) is 77.0 Å². The first-order valence-corrected chi connectivity index (χ1v) is 20.2. The Balaban J connectivity index is 1.31. The van der Waals surface area contributed by atoms with Gasteiger partial charge in [0, 0.05) is 25.4 Å². The summed E-state index contributed by atoms with van der Waals surface area (Å²) in [7, 11) is 0. The number of hydrogen-bond donors (Lipinski definition) is 2. The van der Waals surface area contributed by atoms with Crippen LogP contribution < -0.4 is 0 Å². The second-order valence-corrected chi connectivity index (χ2v) is 16.1. The zero-order valence-electron chi connectivity index (χ0n) is 30.5. The van der Waals surface area contributed by atoms with Crippen molar-refractivity contribution in [1.82, 2.24) is 4.90 Å². The Labute approximate surface area is 287 Å². The molecule has 3 aliphatic rings. The lowest BCUT2D eigenvalue weighted by molar-refractivity contribution is -0.131. The largest absolute Gasteiger partial charge is 0.508 e. The van der Waals surface area contributed by atoms with E-state index < -0.39 is 12.3 Å². The normalized spacial score (nSPS) is 28.1. The minimum atomic E-state index is -0.966. The summed E-state index contributed by atoms with van der Waals surface area (Å²) >= 11 is 0. The summed E-state index contributed by atoms with van der Waals surface area (Å²) in [5.74, 6) is 1.37. The Bertz CT molecular complexity index is 1060. The molecule has 0 radical (unpaired) electrons. The van der Waals surface area contributed by atoms with Crippen molar-refractivity contribution in [3.05, 3.63) is 29.3 Å². The number of rotatable bonds is 22. The monoisotopic (exact) mass is 656 g/mol. The fraction of sp³-hybridized carbons (Fsp3) is 0.833. The maximum atomic E-state index is 16.1. The Kier molecular flexibility index (Phi) is 15.9. The van der Waals surface area contributed by atoms with E-state index >= 15 is 4.39 Å². The number of phenols is 1. The van der Waals surface area contributed by atoms with Crippen molar-refractivity contribution in [2.24, 2.45) is 23.2 Å². The van der Waals surface area contributed by atoms with Crippen LogP contribution in [0.15, 0.2) is 18.2 Å². The summed E-state index contributed by atoms with van der Waals surface area (Å²) in [5.41, 5.74) is 1.86. The number of fused-ring (bicyclic) bond motifs is 5. The van der Waals surface area contributed by atoms with E-state index in [-0.39, 0.29) is 23.0 Å². The minimum absolute atomic E-state index is 0.144. The van der Waals surface area contributed by atoms with Gasteiger partial charge < -0.3 is 15.1 Å². The van der Waals surface area contributed by atoms with E-state index in [1.54, 1.807) is 6.07 Å². The molecule has 1 aromatic rings. The smallest absolute Gasteiger partial charge is 0.222 e. The second kappa shape index (κ2) is 19.5. The van der Waals surface area contributed by atoms with Crippen molar-refractivity contribution in [2.45, 2.75) is 187 Å². The van der Waals surface area contributed by atoms with Gasteiger partial charge in [-0.15, -0.1) is 0 Å². The fourth-order valence-corrected chi connectivity index (χ4v) is 9.93. The van der Waals surface area contributed by atoms with Crippen LogP contribution in [0.1, 0.15) is 179 Å². The van der Waals surface area contributed by atoms with Gasteiger partial charge in [0.1, 0.15) is 11.9 Å². The van der Waals surface area contributed by atoms with Crippen molar-refractivity contribution >= 4 is 5.91 Å². The lowest BCUT2D eigenvalue weighted by Gasteiger charge is -2.54. The third-order valence-corrected chi connectivity index (χ3v) is 12.7. The van der Waals surface area contributed by atoms with Gasteiger partial charge in [-0.1, -0.05) is 117 Å². The van der Waals surface area contributed by atoms with Gasteiger partial charge in [0.15, 0.2) is 0 Å². The molecule has 2 fully saturated rings. The van der Waals surface area contributed by atoms with Crippen molar-refractivity contribution in [1.29, 1.82) is 0 Å². The maximum Gasteiger partial charge on any atom is 0.222 e. The van der Waals surface area contributed by atoms with Gasteiger partial charge in [0.25, 0.3) is 0 Å². The molecular weight excluding hydrogens is 585 g/mol. The first kappa shape index (κ1) is 38.2. The number of carbonyl (C=O) groups is 1. The number of aliphatic hydroxyl groups excluding tert-OH is 1. The van der Waals surface area contributed by atoms with Crippen LogP contribution in [0.2, 0.25) is 0 Å². The molecule has 2 saturated carbocycles. The van der Waals surface area contributed by atoms with Crippen LogP contribution in [0.4, 0.5) is 4.39 Å². The minimum Gasteiger partial charge on any atom is -0.508 e. The third kappa shape index (κ3) is 10.4. The Morgan fingerprint density at radius 2 is 1.45 bits per heavy atom. The zero-order valence-corrected chi connectivity index (χ0v) is 30.5. The van der Waals surface area contributed by atoms with Crippen molar-refractivity contribution < 1.29 is 19.4 Å². The Hall–Kier alpha value is -1.62. The molecule has 4 rings (SSSR count). The number of benzene rings is 1. The average Bonchev–Trinajstić information content (AvgIpc) is 3.35. The number of phenolic OH excluding ortho intramolecular Hbond substituents is 1. The van der Waals surface area contributed by atoms with E-state index in [1.807, 2.05) is 12.1 Å². The van der Waals surface area contributed by atoms with Gasteiger partial charge in [-0.25, -0.2) is 4.39 Å². The van der Waals surface area contributed by atoms with Crippen LogP contribution in [0.25, 0.3) is 0 Å². The Morgan fingerprint density at radius 1 is 0.851 bits per heavy atom. The number of hydrogen-bond acceptors (Lipinski definition) is 3. The van der Waals surface area contributed by atoms with Crippen LogP contribution in [0.3, 0.4) is 0 Å². The molecule has 1 amide bonds. The van der Waals surface area contributed by atoms with Gasteiger partial charge in [-0.05, 0) is 97.8 Å². The molecule has 0 saturated heterocycles. The summed E-state index contributed by atoms with van der Waals surface area (Å²) < 4.78 is 16.1. The molecular formula is C42H70FNO3. The fourth-order valence-electron chi connectivity index (χ4n) is 9.93. The highest BCUT2D eigenvalue weighted by Gasteiger charge is 2.59. The van der Waals surface area contributed by atoms with E-state index in [9.17, 15) is 15.0 Å². The number of amides is 1. The number of aromatic hydroxyl groups is 1. The topological polar surface area (TPSA) is 60.8 Å². The zero-order chi connectivity index (χ0) is 33.6. The summed E-state index contributed by atoms with van der Waals surface area (Å²) in [6.45, 7) is 8.36. The lowest BCUT2D eigenvalue weighted by atomic mass is 9.51. The highest BCUT2D eigenvalue weighted by atomic mass is 19.1. The number of halogens is 1. The standard InChI is InChI=1S/C42H70FNO3/c1-4-6-8-10-12-13-14-15-17-22-39(47)44(27-19-16-11-9-7-5-2)28-20-18-21-32-29-33-30-34(45)23-24-35(33)41-37(43)31-42(3)36(40(32)41)25-26-38(42)46/h23-24,30,32,36-38,40-41,45-46H,4-22,25-29,31H2,1-3H3/t32-,36+,37+,38+,40+,41+,42+/m1/s1. The average molecular weight is 656 g/mol. The maximum absolute atomic E-state index is 16.1. The van der Waals surface area contributed by atoms with E-state index in [2.05, 4.69) is 25.7 Å². The summed E-state index contributed by atoms with van der Waals surface area (Å²) in [4.78, 5) is 15.6. The van der Waals surface area contributed by atoms with Crippen molar-refractivity contribution in [2.75, 3.05) is 13.1 Å². The van der Waals surface area contributed by atoms with Gasteiger partial charge in [-0.3, -0.25) is 4.79 Å². The predicted octanol–water partition coefficient (Wildman–Crippen LogP) is 11.1. The highest BCUT2D eigenvalue weighted by molar-refractivity contribution is 5.76. The van der Waals surface area contributed by atoms with Gasteiger partial charge in [0.2, 0.25) is 5.91 Å². The first-order chi connectivity index (χ1) is 22.8. The predicted molar refractivity (Wildman–Crippen MR) is 194 cm³/mol. The van der Waals surface area contributed by atoms with Gasteiger partial charge in [-0.2, -0.15) is 0 Å². The van der Waals surface area contributed by atoms with Crippen LogP contribution in [0.5, 0.6) is 5.75 Å². The number of alkyl halides is 1. The van der Waals surface area contributed by atoms with E-state index in [4.69, 9.17) is 0 Å². The van der Waals surface area contributed by atoms with Gasteiger partial charge in [0.05, 0.1) is 6.10 Å². The molecule has 0 aromatic heterocycles. The molecule has 268 valence electrons. The molecule has 1 aromatic carbocycles. The number of aliphatic hydroxyl groups is 1. The molecule has 47 heavy (non-hydrogen) atoms. The molecule has 2 N–H and O–H groups in total. The number of carbonyl (C=O) groups excluding carboxylic acids is 1. The second-order valence-electron chi connectivity index (χ2n) is 16.1. The van der Waals surface area contributed by atoms with E-state index in [0.29, 0.717) is 30.6 Å². The van der Waals surface area contributed by atoms with Crippen LogP contribution in [-0.2, 0) is 11.2 Å². The SMILES string of the molecule is CCCCCCCCCCCC(=O)N(CCCCCCCC)CCCC[C@@H]1Cc2cc(O)ccc2[C@@H]2[C@@H]1[C@@H]1CC[C@H](O)[C@@]1(C)C[C@@H]2F.